The molecule has 0 heterocycles. The molecule has 0 saturated heterocycles. The molecule has 2 aromatic rings. The van der Waals surface area contributed by atoms with Gasteiger partial charge in [-0.2, -0.15) is 0 Å². The third kappa shape index (κ3) is 3.64. The molecule has 0 aliphatic carbocycles. The molecule has 4 nitrogen and oxygen atoms in total. The second-order valence-corrected chi connectivity index (χ2v) is 6.72. The zero-order chi connectivity index (χ0) is 16.3. The third-order valence-electron chi connectivity index (χ3n) is 3.88. The van der Waals surface area contributed by atoms with Crippen LogP contribution in [0, 0.1) is 5.41 Å². The Morgan fingerprint density at radius 2 is 1.82 bits per heavy atom. The maximum Gasteiger partial charge on any atom is 0.321 e. The minimum atomic E-state index is -0.849. The van der Waals surface area contributed by atoms with Gasteiger partial charge in [-0.25, -0.2) is 0 Å². The average molecular weight is 300 g/mol. The van der Waals surface area contributed by atoms with E-state index in [0.717, 1.165) is 16.3 Å². The molecule has 0 radical (unpaired) electrons. The lowest BCUT2D eigenvalue weighted by Crippen LogP contribution is -2.48. The van der Waals surface area contributed by atoms with E-state index in [1.54, 1.807) is 0 Å². The summed E-state index contributed by atoms with van der Waals surface area (Å²) in [5.41, 5.74) is 6.96. The Morgan fingerprint density at radius 1 is 1.18 bits per heavy atom. The van der Waals surface area contributed by atoms with E-state index in [-0.39, 0.29) is 11.5 Å². The molecule has 2 aromatic carbocycles. The third-order valence-corrected chi connectivity index (χ3v) is 3.88. The van der Waals surface area contributed by atoms with Gasteiger partial charge in [-0.15, -0.1) is 0 Å². The standard InChI is InChI=1S/C18H24N2O2/c1-18(2,3)16(17(21)22)20-11-15(19)14-10-6-8-12-7-4-5-9-13(12)14/h4-10,15-16,20H,11,19H2,1-3H3,(H,21,22)/t15-,16+/m0/s1. The number of nitrogens with two attached hydrogens (primary N) is 1. The van der Waals surface area contributed by atoms with E-state index < -0.39 is 12.0 Å². The summed E-state index contributed by atoms with van der Waals surface area (Å²) in [4.78, 5) is 11.4. The Balaban J connectivity index is 2.18. The minimum Gasteiger partial charge on any atom is -0.480 e. The molecule has 0 amide bonds. The summed E-state index contributed by atoms with van der Waals surface area (Å²) in [6, 6.07) is 13.2. The molecule has 4 heteroatoms. The fourth-order valence-electron chi connectivity index (χ4n) is 2.69. The maximum absolute atomic E-state index is 11.4. The van der Waals surface area contributed by atoms with Crippen LogP contribution in [0.25, 0.3) is 10.8 Å². The van der Waals surface area contributed by atoms with Crippen LogP contribution in [-0.4, -0.2) is 23.7 Å². The molecule has 4 N–H and O–H groups in total. The topological polar surface area (TPSA) is 75.3 Å². The first-order valence-corrected chi connectivity index (χ1v) is 7.50. The van der Waals surface area contributed by atoms with E-state index in [2.05, 4.69) is 5.32 Å². The fraction of sp³-hybridized carbons (Fsp3) is 0.389. The van der Waals surface area contributed by atoms with Gasteiger partial charge in [0.25, 0.3) is 0 Å². The largest absolute Gasteiger partial charge is 0.480 e. The van der Waals surface area contributed by atoms with Crippen molar-refractivity contribution in [3.8, 4) is 0 Å². The van der Waals surface area contributed by atoms with Crippen molar-refractivity contribution in [2.45, 2.75) is 32.9 Å². The number of carbonyl (C=O) groups is 1. The molecule has 0 spiro atoms. The van der Waals surface area contributed by atoms with Crippen LogP contribution in [0.3, 0.4) is 0 Å². The monoisotopic (exact) mass is 300 g/mol. The van der Waals surface area contributed by atoms with Gasteiger partial charge < -0.3 is 16.2 Å². The number of hydrogen-bond donors (Lipinski definition) is 3. The van der Waals surface area contributed by atoms with Gasteiger partial charge in [0.15, 0.2) is 0 Å². The van der Waals surface area contributed by atoms with E-state index in [1.807, 2.05) is 63.2 Å². The van der Waals surface area contributed by atoms with E-state index >= 15 is 0 Å². The lowest BCUT2D eigenvalue weighted by Gasteiger charge is -2.29. The van der Waals surface area contributed by atoms with E-state index in [9.17, 15) is 9.90 Å². The normalized spacial score (nSPS) is 14.7. The minimum absolute atomic E-state index is 0.254. The van der Waals surface area contributed by atoms with Crippen LogP contribution in [-0.2, 0) is 4.79 Å². The first kappa shape index (κ1) is 16.5. The zero-order valence-corrected chi connectivity index (χ0v) is 13.3. The Morgan fingerprint density at radius 3 is 2.45 bits per heavy atom. The van der Waals surface area contributed by atoms with E-state index in [4.69, 9.17) is 5.73 Å². The van der Waals surface area contributed by atoms with Gasteiger partial charge in [-0.3, -0.25) is 4.79 Å². The van der Waals surface area contributed by atoms with Crippen molar-refractivity contribution in [2.24, 2.45) is 11.1 Å². The second kappa shape index (κ2) is 6.46. The predicted molar refractivity (Wildman–Crippen MR) is 89.8 cm³/mol. The quantitative estimate of drug-likeness (QED) is 0.793. The number of aliphatic carboxylic acids is 1. The van der Waals surface area contributed by atoms with Gasteiger partial charge in [-0.1, -0.05) is 63.2 Å². The van der Waals surface area contributed by atoms with Crippen molar-refractivity contribution in [3.63, 3.8) is 0 Å². The molecule has 118 valence electrons. The smallest absolute Gasteiger partial charge is 0.321 e. The molecule has 22 heavy (non-hydrogen) atoms. The van der Waals surface area contributed by atoms with Gasteiger partial charge >= 0.3 is 5.97 Å². The number of benzene rings is 2. The summed E-state index contributed by atoms with van der Waals surface area (Å²) >= 11 is 0. The molecular weight excluding hydrogens is 276 g/mol. The molecule has 0 aliphatic heterocycles. The Bertz CT molecular complexity index is 656. The van der Waals surface area contributed by atoms with Crippen molar-refractivity contribution in [1.82, 2.24) is 5.32 Å². The fourth-order valence-corrected chi connectivity index (χ4v) is 2.69. The van der Waals surface area contributed by atoms with Crippen molar-refractivity contribution in [2.75, 3.05) is 6.54 Å². The van der Waals surface area contributed by atoms with Gasteiger partial charge in [0, 0.05) is 12.6 Å². The summed E-state index contributed by atoms with van der Waals surface area (Å²) in [5.74, 6) is -0.849. The lowest BCUT2D eigenvalue weighted by atomic mass is 9.86. The maximum atomic E-state index is 11.4. The van der Waals surface area contributed by atoms with Crippen molar-refractivity contribution in [1.29, 1.82) is 0 Å². The summed E-state index contributed by atoms with van der Waals surface area (Å²) in [5, 5.41) is 14.7. The van der Waals surface area contributed by atoms with Crippen LogP contribution < -0.4 is 11.1 Å². The number of rotatable bonds is 5. The number of fused-ring (bicyclic) bond motifs is 1. The van der Waals surface area contributed by atoms with Gasteiger partial charge in [0.05, 0.1) is 0 Å². The molecule has 2 rings (SSSR count). The Hall–Kier alpha value is -1.91. The highest BCUT2D eigenvalue weighted by atomic mass is 16.4. The first-order chi connectivity index (χ1) is 10.3. The van der Waals surface area contributed by atoms with E-state index in [0.29, 0.717) is 6.54 Å². The summed E-state index contributed by atoms with van der Waals surface area (Å²) in [7, 11) is 0. The van der Waals surface area contributed by atoms with Crippen molar-refractivity contribution < 1.29 is 9.90 Å². The van der Waals surface area contributed by atoms with Crippen LogP contribution >= 0.6 is 0 Å². The molecule has 0 saturated carbocycles. The summed E-state index contributed by atoms with van der Waals surface area (Å²) in [6.07, 6.45) is 0. The lowest BCUT2D eigenvalue weighted by molar-refractivity contribution is -0.142. The Labute approximate surface area is 131 Å². The number of carboxylic acid groups (broad SMARTS) is 1. The highest BCUT2D eigenvalue weighted by Gasteiger charge is 2.31. The number of carboxylic acids is 1. The molecule has 0 fully saturated rings. The highest BCUT2D eigenvalue weighted by molar-refractivity contribution is 5.86. The second-order valence-electron chi connectivity index (χ2n) is 6.72. The van der Waals surface area contributed by atoms with Gasteiger partial charge in [0.1, 0.15) is 6.04 Å². The van der Waals surface area contributed by atoms with Crippen LogP contribution in [0.5, 0.6) is 0 Å². The summed E-state index contributed by atoms with van der Waals surface area (Å²) < 4.78 is 0. The molecule has 2 atom stereocenters. The Kier molecular flexibility index (Phi) is 4.84. The summed E-state index contributed by atoms with van der Waals surface area (Å²) in [6.45, 7) is 6.13. The van der Waals surface area contributed by atoms with Crippen LogP contribution in [0.4, 0.5) is 0 Å². The van der Waals surface area contributed by atoms with Crippen molar-refractivity contribution >= 4 is 16.7 Å². The predicted octanol–water partition coefficient (Wildman–Crippen LogP) is 2.93. The van der Waals surface area contributed by atoms with Crippen LogP contribution in [0.1, 0.15) is 32.4 Å². The number of nitrogens with one attached hydrogen (secondary N) is 1. The zero-order valence-electron chi connectivity index (χ0n) is 13.3. The molecule has 0 bridgehead atoms. The van der Waals surface area contributed by atoms with Crippen LogP contribution in [0.15, 0.2) is 42.5 Å². The molecular formula is C18H24N2O2. The SMILES string of the molecule is CC(C)(C)[C@H](NC[C@H](N)c1cccc2ccccc12)C(=O)O. The van der Waals surface area contributed by atoms with Crippen LogP contribution in [0.2, 0.25) is 0 Å². The highest BCUT2D eigenvalue weighted by Crippen LogP contribution is 2.24. The first-order valence-electron chi connectivity index (χ1n) is 7.50. The van der Waals surface area contributed by atoms with Gasteiger partial charge in [0.2, 0.25) is 0 Å². The average Bonchev–Trinajstić information content (AvgIpc) is 2.44. The van der Waals surface area contributed by atoms with Gasteiger partial charge in [-0.05, 0) is 21.8 Å². The molecule has 0 aliphatic rings. The molecule has 0 unspecified atom stereocenters. The number of hydrogen-bond acceptors (Lipinski definition) is 3. The van der Waals surface area contributed by atoms with E-state index in [1.165, 1.54) is 0 Å². The van der Waals surface area contributed by atoms with Crippen molar-refractivity contribution in [3.05, 3.63) is 48.0 Å². The molecule has 0 aromatic heterocycles.